The topological polar surface area (TPSA) is 65.4 Å². The van der Waals surface area contributed by atoms with Crippen molar-refractivity contribution in [1.82, 2.24) is 15.1 Å². The zero-order valence-electron chi connectivity index (χ0n) is 12.3. The minimum Gasteiger partial charge on any atom is -0.454 e. The Hall–Kier alpha value is -2.50. The third-order valence-electron chi connectivity index (χ3n) is 4.32. The maximum Gasteiger partial charge on any atom is 0.251 e. The Balaban J connectivity index is 1.55. The maximum absolute atomic E-state index is 12.5. The van der Waals surface area contributed by atoms with Gasteiger partial charge in [-0.2, -0.15) is 5.10 Å². The highest BCUT2D eigenvalue weighted by molar-refractivity contribution is 5.95. The fourth-order valence-corrected chi connectivity index (χ4v) is 3.14. The first-order valence-electron chi connectivity index (χ1n) is 7.43. The Labute approximate surface area is 128 Å². The molecular formula is C16H17N3O3. The number of benzene rings is 1. The van der Waals surface area contributed by atoms with Crippen molar-refractivity contribution in [2.45, 2.75) is 25.3 Å². The summed E-state index contributed by atoms with van der Waals surface area (Å²) in [4.78, 5) is 12.5. The van der Waals surface area contributed by atoms with Gasteiger partial charge in [0.05, 0.1) is 12.2 Å². The van der Waals surface area contributed by atoms with Crippen molar-refractivity contribution in [2.75, 3.05) is 6.79 Å². The first-order valence-corrected chi connectivity index (χ1v) is 7.43. The summed E-state index contributed by atoms with van der Waals surface area (Å²) in [5, 5.41) is 7.41. The summed E-state index contributed by atoms with van der Waals surface area (Å²) < 4.78 is 12.5. The van der Waals surface area contributed by atoms with Crippen LogP contribution >= 0.6 is 0 Å². The van der Waals surface area contributed by atoms with E-state index in [2.05, 4.69) is 10.4 Å². The number of aromatic nitrogens is 2. The predicted molar refractivity (Wildman–Crippen MR) is 78.9 cm³/mol. The molecule has 0 saturated carbocycles. The molecule has 6 heteroatoms. The minimum atomic E-state index is -0.0972. The fourth-order valence-electron chi connectivity index (χ4n) is 3.14. The van der Waals surface area contributed by atoms with Gasteiger partial charge in [0, 0.05) is 23.9 Å². The number of aryl methyl sites for hydroxylation is 1. The van der Waals surface area contributed by atoms with Gasteiger partial charge in [-0.1, -0.05) is 0 Å². The van der Waals surface area contributed by atoms with Crippen LogP contribution in [0.1, 0.15) is 40.5 Å². The molecule has 0 fully saturated rings. The third kappa shape index (κ3) is 2.11. The Morgan fingerprint density at radius 1 is 1.36 bits per heavy atom. The summed E-state index contributed by atoms with van der Waals surface area (Å²) in [5.74, 6) is 1.21. The number of ether oxygens (including phenoxy) is 2. The smallest absolute Gasteiger partial charge is 0.251 e. The summed E-state index contributed by atoms with van der Waals surface area (Å²) in [5.41, 5.74) is 2.92. The number of nitrogens with zero attached hydrogens (tertiary/aromatic N) is 2. The van der Waals surface area contributed by atoms with Crippen LogP contribution in [0.2, 0.25) is 0 Å². The third-order valence-corrected chi connectivity index (χ3v) is 4.32. The lowest BCUT2D eigenvalue weighted by atomic mass is 9.92. The van der Waals surface area contributed by atoms with E-state index < -0.39 is 0 Å². The van der Waals surface area contributed by atoms with Crippen molar-refractivity contribution in [3.63, 3.8) is 0 Å². The van der Waals surface area contributed by atoms with Crippen LogP contribution in [0.4, 0.5) is 0 Å². The van der Waals surface area contributed by atoms with Crippen LogP contribution in [0, 0.1) is 0 Å². The molecular weight excluding hydrogens is 282 g/mol. The predicted octanol–water partition coefficient (Wildman–Crippen LogP) is 1.96. The van der Waals surface area contributed by atoms with Gasteiger partial charge in [-0.3, -0.25) is 9.48 Å². The fraction of sp³-hybridized carbons (Fsp3) is 0.375. The van der Waals surface area contributed by atoms with Gasteiger partial charge >= 0.3 is 0 Å². The van der Waals surface area contributed by atoms with E-state index in [1.807, 2.05) is 17.9 Å². The van der Waals surface area contributed by atoms with Crippen LogP contribution < -0.4 is 14.8 Å². The summed E-state index contributed by atoms with van der Waals surface area (Å²) >= 11 is 0. The van der Waals surface area contributed by atoms with Gasteiger partial charge < -0.3 is 14.8 Å². The number of carbonyl (C=O) groups is 1. The van der Waals surface area contributed by atoms with E-state index in [0.717, 1.165) is 24.8 Å². The molecule has 22 heavy (non-hydrogen) atoms. The molecule has 2 aromatic rings. The van der Waals surface area contributed by atoms with Gasteiger partial charge in [-0.15, -0.1) is 0 Å². The highest BCUT2D eigenvalue weighted by atomic mass is 16.7. The molecule has 1 aromatic carbocycles. The van der Waals surface area contributed by atoms with Crippen LogP contribution in [0.25, 0.3) is 0 Å². The number of amides is 1. The van der Waals surface area contributed by atoms with Crippen LogP contribution in [-0.4, -0.2) is 22.5 Å². The molecule has 114 valence electrons. The van der Waals surface area contributed by atoms with Crippen molar-refractivity contribution < 1.29 is 14.3 Å². The van der Waals surface area contributed by atoms with Crippen molar-refractivity contribution in [2.24, 2.45) is 7.05 Å². The van der Waals surface area contributed by atoms with E-state index in [1.54, 1.807) is 18.2 Å². The van der Waals surface area contributed by atoms with Gasteiger partial charge in [-0.25, -0.2) is 0 Å². The molecule has 0 saturated heterocycles. The lowest BCUT2D eigenvalue weighted by molar-refractivity contribution is 0.0932. The molecule has 1 aromatic heterocycles. The van der Waals surface area contributed by atoms with Crippen LogP contribution in [0.3, 0.4) is 0 Å². The van der Waals surface area contributed by atoms with Crippen LogP contribution in [0.15, 0.2) is 24.4 Å². The van der Waals surface area contributed by atoms with Gasteiger partial charge in [0.25, 0.3) is 5.91 Å². The summed E-state index contributed by atoms with van der Waals surface area (Å²) in [7, 11) is 1.95. The van der Waals surface area contributed by atoms with Crippen molar-refractivity contribution >= 4 is 5.91 Å². The molecule has 0 radical (unpaired) electrons. The molecule has 2 aliphatic rings. The average molecular weight is 299 g/mol. The standard InChI is InChI=1S/C16H17N3O3/c1-19-13-4-2-3-12(11(13)8-17-19)18-16(20)10-5-6-14-15(7-10)22-9-21-14/h5-8,12H,2-4,9H2,1H3,(H,18,20)/t12-/m0/s1. The lowest BCUT2D eigenvalue weighted by Crippen LogP contribution is -2.30. The molecule has 2 heterocycles. The minimum absolute atomic E-state index is 0.0235. The van der Waals surface area contributed by atoms with Crippen molar-refractivity contribution in [3.8, 4) is 11.5 Å². The van der Waals surface area contributed by atoms with E-state index >= 15 is 0 Å². The molecule has 1 N–H and O–H groups in total. The Bertz CT molecular complexity index is 738. The second kappa shape index (κ2) is 5.05. The Morgan fingerprint density at radius 3 is 3.14 bits per heavy atom. The molecule has 1 aliphatic carbocycles. The quantitative estimate of drug-likeness (QED) is 0.920. The van der Waals surface area contributed by atoms with Crippen LogP contribution in [0.5, 0.6) is 11.5 Å². The first-order chi connectivity index (χ1) is 10.7. The van der Waals surface area contributed by atoms with E-state index in [-0.39, 0.29) is 18.7 Å². The molecule has 0 bridgehead atoms. The Morgan fingerprint density at radius 2 is 2.23 bits per heavy atom. The average Bonchev–Trinajstić information content (AvgIpc) is 3.14. The highest BCUT2D eigenvalue weighted by Gasteiger charge is 2.25. The van der Waals surface area contributed by atoms with Gasteiger partial charge in [0.1, 0.15) is 0 Å². The largest absolute Gasteiger partial charge is 0.454 e. The molecule has 1 atom stereocenters. The summed E-state index contributed by atoms with van der Waals surface area (Å²) in [6.07, 6.45) is 4.87. The second-order valence-corrected chi connectivity index (χ2v) is 5.66. The van der Waals surface area contributed by atoms with Gasteiger partial charge in [0.2, 0.25) is 6.79 Å². The zero-order chi connectivity index (χ0) is 15.1. The van der Waals surface area contributed by atoms with E-state index in [4.69, 9.17) is 9.47 Å². The van der Waals surface area contributed by atoms with Crippen molar-refractivity contribution in [1.29, 1.82) is 0 Å². The molecule has 1 aliphatic heterocycles. The molecule has 0 spiro atoms. The molecule has 4 rings (SSSR count). The van der Waals surface area contributed by atoms with Gasteiger partial charge in [0.15, 0.2) is 11.5 Å². The number of carbonyl (C=O) groups excluding carboxylic acids is 1. The van der Waals surface area contributed by atoms with E-state index in [9.17, 15) is 4.79 Å². The number of hydrogen-bond acceptors (Lipinski definition) is 4. The summed E-state index contributed by atoms with van der Waals surface area (Å²) in [6.45, 7) is 0.210. The second-order valence-electron chi connectivity index (χ2n) is 5.66. The highest BCUT2D eigenvalue weighted by Crippen LogP contribution is 2.33. The number of nitrogens with one attached hydrogen (secondary N) is 1. The number of rotatable bonds is 2. The number of hydrogen-bond donors (Lipinski definition) is 1. The first kappa shape index (κ1) is 13.2. The number of fused-ring (bicyclic) bond motifs is 2. The molecule has 1 amide bonds. The van der Waals surface area contributed by atoms with Gasteiger partial charge in [-0.05, 0) is 37.5 Å². The molecule has 6 nitrogen and oxygen atoms in total. The van der Waals surface area contributed by atoms with Crippen molar-refractivity contribution in [3.05, 3.63) is 41.2 Å². The monoisotopic (exact) mass is 299 g/mol. The van der Waals surface area contributed by atoms with Crippen LogP contribution in [-0.2, 0) is 13.5 Å². The normalized spacial score (nSPS) is 18.9. The van der Waals surface area contributed by atoms with E-state index in [0.29, 0.717) is 17.1 Å². The summed E-state index contributed by atoms with van der Waals surface area (Å²) in [6, 6.07) is 5.28. The molecule has 0 unspecified atom stereocenters. The zero-order valence-corrected chi connectivity index (χ0v) is 12.3. The van der Waals surface area contributed by atoms with E-state index in [1.165, 1.54) is 5.69 Å². The maximum atomic E-state index is 12.5. The SMILES string of the molecule is Cn1ncc2c1CCC[C@@H]2NC(=O)c1ccc2c(c1)OCO2. The lowest BCUT2D eigenvalue weighted by Gasteiger charge is -2.23. The Kier molecular flexibility index (Phi) is 3.03.